The van der Waals surface area contributed by atoms with Crippen molar-refractivity contribution in [1.29, 1.82) is 0 Å². The van der Waals surface area contributed by atoms with Crippen LogP contribution in [-0.4, -0.2) is 37.1 Å². The summed E-state index contributed by atoms with van der Waals surface area (Å²) >= 11 is 0. The number of ether oxygens (including phenoxy) is 3. The zero-order valence-corrected chi connectivity index (χ0v) is 18.3. The van der Waals surface area contributed by atoms with E-state index in [-0.39, 0.29) is 19.1 Å². The molecule has 1 fully saturated rings. The van der Waals surface area contributed by atoms with Gasteiger partial charge in [0.25, 0.3) is 5.91 Å². The van der Waals surface area contributed by atoms with Gasteiger partial charge in [0.2, 0.25) is 0 Å². The molecule has 0 aromatic heterocycles. The van der Waals surface area contributed by atoms with Gasteiger partial charge in [-0.15, -0.1) is 0 Å². The Labute approximate surface area is 188 Å². The predicted molar refractivity (Wildman–Crippen MR) is 118 cm³/mol. The van der Waals surface area contributed by atoms with E-state index < -0.39 is 23.9 Å². The number of hydrogen-bond acceptors (Lipinski definition) is 6. The maximum absolute atomic E-state index is 12.8. The van der Waals surface area contributed by atoms with E-state index in [1.54, 1.807) is 61.7 Å². The molecule has 0 spiro atoms. The van der Waals surface area contributed by atoms with Gasteiger partial charge in [0, 0.05) is 5.56 Å². The summed E-state index contributed by atoms with van der Waals surface area (Å²) in [4.78, 5) is 37.8. The Morgan fingerprint density at radius 2 is 1.66 bits per heavy atom. The molecular formula is C25H29NO6. The first kappa shape index (κ1) is 23.3. The van der Waals surface area contributed by atoms with Gasteiger partial charge in [-0.05, 0) is 55.5 Å². The number of rotatable bonds is 9. The van der Waals surface area contributed by atoms with Crippen LogP contribution >= 0.6 is 0 Å². The first-order valence-corrected chi connectivity index (χ1v) is 10.9. The second-order valence-electron chi connectivity index (χ2n) is 7.80. The Kier molecular flexibility index (Phi) is 8.66. The van der Waals surface area contributed by atoms with Gasteiger partial charge >= 0.3 is 11.9 Å². The van der Waals surface area contributed by atoms with Crippen LogP contribution in [0.4, 0.5) is 0 Å². The highest BCUT2D eigenvalue weighted by molar-refractivity contribution is 5.97. The Bertz CT molecular complexity index is 890. The minimum absolute atomic E-state index is 0.0121. The molecule has 7 nitrogen and oxygen atoms in total. The van der Waals surface area contributed by atoms with Gasteiger partial charge < -0.3 is 19.5 Å². The summed E-state index contributed by atoms with van der Waals surface area (Å²) in [5, 5.41) is 2.62. The van der Waals surface area contributed by atoms with Crippen LogP contribution in [0.1, 0.15) is 54.4 Å². The van der Waals surface area contributed by atoms with Crippen LogP contribution in [0.25, 0.3) is 0 Å². The van der Waals surface area contributed by atoms with E-state index in [0.717, 1.165) is 37.7 Å². The lowest BCUT2D eigenvalue weighted by Gasteiger charge is -2.23. The smallest absolute Gasteiger partial charge is 0.329 e. The Morgan fingerprint density at radius 3 is 2.31 bits per heavy atom. The molecule has 1 amide bonds. The molecule has 0 aliphatic heterocycles. The Hall–Kier alpha value is -3.35. The van der Waals surface area contributed by atoms with Crippen molar-refractivity contribution in [2.45, 2.75) is 57.3 Å². The third kappa shape index (κ3) is 7.11. The molecule has 7 heteroatoms. The maximum atomic E-state index is 12.8. The van der Waals surface area contributed by atoms with Gasteiger partial charge in [-0.25, -0.2) is 4.79 Å². The number of nitrogens with one attached hydrogen (secondary N) is 1. The Balaban J connectivity index is 1.62. The van der Waals surface area contributed by atoms with Crippen LogP contribution in [0.2, 0.25) is 0 Å². The predicted octanol–water partition coefficient (Wildman–Crippen LogP) is 3.80. The van der Waals surface area contributed by atoms with Crippen LogP contribution in [0.5, 0.6) is 5.75 Å². The van der Waals surface area contributed by atoms with Crippen molar-refractivity contribution in [1.82, 2.24) is 5.32 Å². The van der Waals surface area contributed by atoms with Crippen molar-refractivity contribution < 1.29 is 28.6 Å². The molecule has 2 aromatic rings. The molecule has 0 radical (unpaired) electrons. The van der Waals surface area contributed by atoms with E-state index in [1.807, 2.05) is 0 Å². The van der Waals surface area contributed by atoms with E-state index in [2.05, 4.69) is 5.32 Å². The third-order valence-electron chi connectivity index (χ3n) is 5.39. The lowest BCUT2D eigenvalue weighted by Crippen LogP contribution is -2.43. The molecule has 0 saturated heterocycles. The first-order chi connectivity index (χ1) is 15.5. The zero-order chi connectivity index (χ0) is 22.8. The van der Waals surface area contributed by atoms with Gasteiger partial charge in [0.1, 0.15) is 24.5 Å². The fraction of sp³-hybridized carbons (Fsp3) is 0.400. The average molecular weight is 440 g/mol. The summed E-state index contributed by atoms with van der Waals surface area (Å²) in [6.07, 6.45) is 4.44. The molecular weight excluding hydrogens is 410 g/mol. The second-order valence-corrected chi connectivity index (χ2v) is 7.80. The summed E-state index contributed by atoms with van der Waals surface area (Å²) in [6.45, 7) is 0.0121. The number of carbonyl (C=O) groups is 3. The third-order valence-corrected chi connectivity index (χ3v) is 5.39. The largest absolute Gasteiger partial charge is 0.497 e. The highest BCUT2D eigenvalue weighted by atomic mass is 16.5. The molecule has 1 saturated carbocycles. The van der Waals surface area contributed by atoms with Crippen LogP contribution in [0.3, 0.4) is 0 Å². The highest BCUT2D eigenvalue weighted by Crippen LogP contribution is 2.21. The first-order valence-electron chi connectivity index (χ1n) is 10.9. The molecule has 1 atom stereocenters. The van der Waals surface area contributed by atoms with Gasteiger partial charge in [0.05, 0.1) is 13.5 Å². The quantitative estimate of drug-likeness (QED) is 0.598. The molecule has 1 aliphatic carbocycles. The van der Waals surface area contributed by atoms with E-state index in [9.17, 15) is 14.4 Å². The lowest BCUT2D eigenvalue weighted by molar-refractivity contribution is -0.157. The minimum atomic E-state index is -1.14. The maximum Gasteiger partial charge on any atom is 0.329 e. The van der Waals surface area contributed by atoms with Crippen molar-refractivity contribution in [3.05, 3.63) is 65.7 Å². The molecule has 0 heterocycles. The molecule has 3 rings (SSSR count). The normalized spacial score (nSPS) is 14.8. The topological polar surface area (TPSA) is 90.9 Å². The molecule has 32 heavy (non-hydrogen) atoms. The van der Waals surface area contributed by atoms with E-state index in [4.69, 9.17) is 14.2 Å². The fourth-order valence-corrected chi connectivity index (χ4v) is 3.58. The zero-order valence-electron chi connectivity index (χ0n) is 18.3. The summed E-state index contributed by atoms with van der Waals surface area (Å²) in [6, 6.07) is 14.5. The number of methoxy groups -OCH3 is 1. The van der Waals surface area contributed by atoms with Crippen LogP contribution < -0.4 is 10.1 Å². The Morgan fingerprint density at radius 1 is 0.969 bits per heavy atom. The number of carbonyl (C=O) groups excluding carboxylic acids is 3. The van der Waals surface area contributed by atoms with Crippen LogP contribution in [0.15, 0.2) is 54.6 Å². The van der Waals surface area contributed by atoms with Crippen molar-refractivity contribution in [3.63, 3.8) is 0 Å². The summed E-state index contributed by atoms with van der Waals surface area (Å²) in [5.41, 5.74) is 1.15. The molecule has 2 aromatic carbocycles. The fourth-order valence-electron chi connectivity index (χ4n) is 3.58. The molecule has 1 N–H and O–H groups in total. The summed E-state index contributed by atoms with van der Waals surface area (Å²) in [7, 11) is 1.57. The van der Waals surface area contributed by atoms with E-state index >= 15 is 0 Å². The number of esters is 2. The minimum Gasteiger partial charge on any atom is -0.497 e. The van der Waals surface area contributed by atoms with Gasteiger partial charge in [-0.3, -0.25) is 9.59 Å². The van der Waals surface area contributed by atoms with Gasteiger partial charge in [-0.1, -0.05) is 36.8 Å². The van der Waals surface area contributed by atoms with Gasteiger partial charge in [-0.2, -0.15) is 0 Å². The van der Waals surface area contributed by atoms with Gasteiger partial charge in [0.15, 0.2) is 0 Å². The molecule has 170 valence electrons. The van der Waals surface area contributed by atoms with E-state index in [1.165, 1.54) is 0 Å². The van der Waals surface area contributed by atoms with Crippen molar-refractivity contribution in [3.8, 4) is 5.75 Å². The molecule has 1 aliphatic rings. The standard InChI is InChI=1S/C25H29NO6/c1-30-20-14-12-18(13-15-20)17-31-25(29)22(26-24(28)19-8-4-2-5-9-19)16-23(27)32-21-10-6-3-7-11-21/h2,4-5,8-9,12-15,21-22H,3,6-7,10-11,16-17H2,1H3,(H,26,28)/t22-/m0/s1. The van der Waals surface area contributed by atoms with Crippen molar-refractivity contribution in [2.24, 2.45) is 0 Å². The summed E-state index contributed by atoms with van der Waals surface area (Å²) < 4.78 is 16.0. The SMILES string of the molecule is COc1ccc(COC(=O)[C@H](CC(=O)OC2CCCCC2)NC(=O)c2ccccc2)cc1. The van der Waals surface area contributed by atoms with Crippen molar-refractivity contribution in [2.75, 3.05) is 7.11 Å². The monoisotopic (exact) mass is 439 g/mol. The lowest BCUT2D eigenvalue weighted by atomic mass is 9.98. The molecule has 0 unspecified atom stereocenters. The average Bonchev–Trinajstić information content (AvgIpc) is 2.83. The van der Waals surface area contributed by atoms with Crippen molar-refractivity contribution >= 4 is 17.8 Å². The number of amides is 1. The van der Waals surface area contributed by atoms with E-state index in [0.29, 0.717) is 11.3 Å². The summed E-state index contributed by atoms with van der Waals surface area (Å²) in [5.74, 6) is -0.969. The molecule has 0 bridgehead atoms. The number of hydrogen-bond donors (Lipinski definition) is 1. The van der Waals surface area contributed by atoms with Crippen LogP contribution in [-0.2, 0) is 25.7 Å². The highest BCUT2D eigenvalue weighted by Gasteiger charge is 2.28. The van der Waals surface area contributed by atoms with Crippen LogP contribution in [0, 0.1) is 0 Å². The number of benzene rings is 2. The second kappa shape index (κ2) is 11.9.